The molecule has 1 amide bonds. The molecule has 0 bridgehead atoms. The summed E-state index contributed by atoms with van der Waals surface area (Å²) in [6.07, 6.45) is 10.5. The van der Waals surface area contributed by atoms with Gasteiger partial charge in [-0.25, -0.2) is 9.67 Å². The molecule has 0 radical (unpaired) electrons. The van der Waals surface area contributed by atoms with Crippen molar-refractivity contribution in [2.75, 3.05) is 13.2 Å². The normalized spacial score (nSPS) is 23.1. The molecule has 25 heavy (non-hydrogen) atoms. The maximum Gasteiger partial charge on any atom is 0.260 e. The van der Waals surface area contributed by atoms with Gasteiger partial charge in [-0.2, -0.15) is 5.10 Å². The van der Waals surface area contributed by atoms with Gasteiger partial charge in [-0.15, -0.1) is 0 Å². The van der Waals surface area contributed by atoms with Gasteiger partial charge in [0.05, 0.1) is 5.69 Å². The number of nitrogens with zero attached hydrogens (tertiary/aromatic N) is 4. The molecule has 0 N–H and O–H groups in total. The number of rotatable bonds is 4. The van der Waals surface area contributed by atoms with Gasteiger partial charge in [0.15, 0.2) is 6.61 Å². The van der Waals surface area contributed by atoms with Crippen LogP contribution in [0.25, 0.3) is 5.69 Å². The van der Waals surface area contributed by atoms with Gasteiger partial charge in [0.25, 0.3) is 5.91 Å². The Morgan fingerprint density at radius 2 is 2.08 bits per heavy atom. The molecule has 4 rings (SSSR count). The molecule has 2 fully saturated rings. The van der Waals surface area contributed by atoms with Gasteiger partial charge >= 0.3 is 0 Å². The van der Waals surface area contributed by atoms with Crippen LogP contribution in [0.15, 0.2) is 36.9 Å². The summed E-state index contributed by atoms with van der Waals surface area (Å²) in [5, 5.41) is 4.12. The molecule has 1 saturated heterocycles. The monoisotopic (exact) mass is 340 g/mol. The number of carbonyl (C=O) groups excluding carboxylic acids is 1. The van der Waals surface area contributed by atoms with Crippen molar-refractivity contribution in [2.45, 2.75) is 44.6 Å². The van der Waals surface area contributed by atoms with E-state index in [9.17, 15) is 4.79 Å². The molecule has 2 aliphatic rings. The number of benzene rings is 1. The molecule has 1 aromatic carbocycles. The third kappa shape index (κ3) is 3.52. The first-order valence-corrected chi connectivity index (χ1v) is 9.18. The van der Waals surface area contributed by atoms with Crippen LogP contribution in [0.5, 0.6) is 5.75 Å². The summed E-state index contributed by atoms with van der Waals surface area (Å²) in [6, 6.07) is 8.00. The summed E-state index contributed by atoms with van der Waals surface area (Å²) < 4.78 is 7.46. The zero-order chi connectivity index (χ0) is 17.1. The Hall–Kier alpha value is -2.37. The first-order valence-electron chi connectivity index (χ1n) is 9.18. The number of amides is 1. The fourth-order valence-electron chi connectivity index (χ4n) is 4.22. The van der Waals surface area contributed by atoms with E-state index in [0.717, 1.165) is 25.1 Å². The summed E-state index contributed by atoms with van der Waals surface area (Å²) in [5.74, 6) is 1.49. The second-order valence-electron chi connectivity index (χ2n) is 6.97. The van der Waals surface area contributed by atoms with E-state index in [1.807, 2.05) is 24.3 Å². The lowest BCUT2D eigenvalue weighted by atomic mass is 9.78. The van der Waals surface area contributed by atoms with Crippen molar-refractivity contribution < 1.29 is 9.53 Å². The quantitative estimate of drug-likeness (QED) is 0.859. The summed E-state index contributed by atoms with van der Waals surface area (Å²) >= 11 is 0. The summed E-state index contributed by atoms with van der Waals surface area (Å²) in [7, 11) is 0. The smallest absolute Gasteiger partial charge is 0.260 e. The number of hydrogen-bond acceptors (Lipinski definition) is 4. The molecule has 1 saturated carbocycles. The summed E-state index contributed by atoms with van der Waals surface area (Å²) in [6.45, 7) is 0.979. The van der Waals surface area contributed by atoms with Crippen molar-refractivity contribution in [3.8, 4) is 11.4 Å². The van der Waals surface area contributed by atoms with Crippen molar-refractivity contribution in [1.82, 2.24) is 19.7 Å². The molecule has 0 unspecified atom stereocenters. The SMILES string of the molecule is O=C(COc1cccc(-n2cncn2)c1)N1CCC[C@H]2CCCC[C@H]21. The van der Waals surface area contributed by atoms with Gasteiger partial charge in [0.1, 0.15) is 18.4 Å². The highest BCUT2D eigenvalue weighted by atomic mass is 16.5. The van der Waals surface area contributed by atoms with Crippen LogP contribution < -0.4 is 4.74 Å². The minimum Gasteiger partial charge on any atom is -0.484 e. The van der Waals surface area contributed by atoms with Gasteiger partial charge < -0.3 is 9.64 Å². The molecule has 2 heterocycles. The number of likely N-dealkylation sites (tertiary alicyclic amines) is 1. The Bertz CT molecular complexity index is 714. The van der Waals surface area contributed by atoms with Crippen LogP contribution in [0.1, 0.15) is 38.5 Å². The van der Waals surface area contributed by atoms with Crippen molar-refractivity contribution >= 4 is 5.91 Å². The maximum absolute atomic E-state index is 12.7. The number of piperidine rings is 1. The molecular weight excluding hydrogens is 316 g/mol. The molecule has 2 aromatic rings. The first kappa shape index (κ1) is 16.1. The van der Waals surface area contributed by atoms with E-state index in [1.54, 1.807) is 11.0 Å². The van der Waals surface area contributed by atoms with Crippen LogP contribution in [0.2, 0.25) is 0 Å². The van der Waals surface area contributed by atoms with E-state index >= 15 is 0 Å². The number of aromatic nitrogens is 3. The van der Waals surface area contributed by atoms with Crippen LogP contribution in [0, 0.1) is 5.92 Å². The van der Waals surface area contributed by atoms with E-state index in [0.29, 0.717) is 17.7 Å². The lowest BCUT2D eigenvalue weighted by Gasteiger charge is -2.44. The van der Waals surface area contributed by atoms with Crippen molar-refractivity contribution in [1.29, 1.82) is 0 Å². The van der Waals surface area contributed by atoms with E-state index in [2.05, 4.69) is 15.0 Å². The molecule has 132 valence electrons. The second-order valence-corrected chi connectivity index (χ2v) is 6.97. The molecule has 1 aliphatic carbocycles. The fraction of sp³-hybridized carbons (Fsp3) is 0.526. The van der Waals surface area contributed by atoms with Crippen LogP contribution in [0.3, 0.4) is 0 Å². The highest BCUT2D eigenvalue weighted by molar-refractivity contribution is 5.78. The van der Waals surface area contributed by atoms with Crippen LogP contribution >= 0.6 is 0 Å². The van der Waals surface area contributed by atoms with Gasteiger partial charge in [0, 0.05) is 18.7 Å². The predicted octanol–water partition coefficient (Wildman–Crippen LogP) is 2.83. The standard InChI is InChI=1S/C19H24N4O2/c24-19(22-10-4-6-15-5-1-2-9-18(15)22)12-25-17-8-3-7-16(11-17)23-14-20-13-21-23/h3,7-8,11,13-15,18H,1-2,4-6,9-10,12H2/t15-,18-/m1/s1. The first-order chi connectivity index (χ1) is 12.3. The van der Waals surface area contributed by atoms with E-state index < -0.39 is 0 Å². The molecule has 1 aromatic heterocycles. The zero-order valence-corrected chi connectivity index (χ0v) is 14.4. The van der Waals surface area contributed by atoms with E-state index in [4.69, 9.17) is 4.74 Å². The minimum atomic E-state index is 0.101. The molecule has 2 atom stereocenters. The Morgan fingerprint density at radius 3 is 2.96 bits per heavy atom. The van der Waals surface area contributed by atoms with E-state index in [1.165, 1.54) is 32.0 Å². The predicted molar refractivity (Wildman–Crippen MR) is 93.5 cm³/mol. The molecule has 6 heteroatoms. The average molecular weight is 340 g/mol. The van der Waals surface area contributed by atoms with Crippen LogP contribution in [-0.2, 0) is 4.79 Å². The Balaban J connectivity index is 1.39. The number of ether oxygens (including phenoxy) is 1. The average Bonchev–Trinajstić information content (AvgIpc) is 3.21. The highest BCUT2D eigenvalue weighted by Crippen LogP contribution is 2.35. The topological polar surface area (TPSA) is 60.3 Å². The van der Waals surface area contributed by atoms with Crippen molar-refractivity contribution in [3.63, 3.8) is 0 Å². The van der Waals surface area contributed by atoms with E-state index in [-0.39, 0.29) is 12.5 Å². The Kier molecular flexibility index (Phi) is 4.68. The van der Waals surface area contributed by atoms with Crippen molar-refractivity contribution in [2.24, 2.45) is 5.92 Å². The van der Waals surface area contributed by atoms with Crippen molar-refractivity contribution in [3.05, 3.63) is 36.9 Å². The summed E-state index contributed by atoms with van der Waals surface area (Å²) in [4.78, 5) is 18.7. The molecule has 0 spiro atoms. The van der Waals surface area contributed by atoms with Gasteiger partial charge in [-0.1, -0.05) is 18.9 Å². The zero-order valence-electron chi connectivity index (χ0n) is 14.4. The summed E-state index contributed by atoms with van der Waals surface area (Å²) in [5.41, 5.74) is 0.868. The Morgan fingerprint density at radius 1 is 1.20 bits per heavy atom. The fourth-order valence-corrected chi connectivity index (χ4v) is 4.22. The number of hydrogen-bond donors (Lipinski definition) is 0. The largest absolute Gasteiger partial charge is 0.484 e. The minimum absolute atomic E-state index is 0.101. The maximum atomic E-state index is 12.7. The van der Waals surface area contributed by atoms with Crippen LogP contribution in [0.4, 0.5) is 0 Å². The van der Waals surface area contributed by atoms with Gasteiger partial charge in [-0.05, 0) is 43.7 Å². The second kappa shape index (κ2) is 7.25. The van der Waals surface area contributed by atoms with Gasteiger partial charge in [-0.3, -0.25) is 4.79 Å². The number of carbonyl (C=O) groups is 1. The van der Waals surface area contributed by atoms with Crippen LogP contribution in [-0.4, -0.2) is 44.8 Å². The number of fused-ring (bicyclic) bond motifs is 1. The third-order valence-corrected chi connectivity index (χ3v) is 5.43. The molecular formula is C19H24N4O2. The lowest BCUT2D eigenvalue weighted by molar-refractivity contribution is -0.139. The van der Waals surface area contributed by atoms with Gasteiger partial charge in [0.2, 0.25) is 0 Å². The lowest BCUT2D eigenvalue weighted by Crippen LogP contribution is -2.51. The Labute approximate surface area is 147 Å². The molecule has 6 nitrogen and oxygen atoms in total. The highest BCUT2D eigenvalue weighted by Gasteiger charge is 2.35. The molecule has 1 aliphatic heterocycles. The third-order valence-electron chi connectivity index (χ3n) is 5.43.